The SMILES string of the molecule is CCc1ccc2c(c1)C1(NN=C(Cc3ccccc3)S1)C(=O)N2. The summed E-state index contributed by atoms with van der Waals surface area (Å²) in [6.45, 7) is 2.12. The molecule has 1 unspecified atom stereocenters. The van der Waals surface area contributed by atoms with E-state index in [0.717, 1.165) is 29.1 Å². The molecule has 1 atom stereocenters. The van der Waals surface area contributed by atoms with Crippen molar-refractivity contribution in [2.75, 3.05) is 5.32 Å². The number of aryl methyl sites for hydroxylation is 1. The van der Waals surface area contributed by atoms with Crippen LogP contribution in [-0.4, -0.2) is 11.0 Å². The van der Waals surface area contributed by atoms with Crippen LogP contribution >= 0.6 is 11.8 Å². The van der Waals surface area contributed by atoms with Crippen LogP contribution in [0.2, 0.25) is 0 Å². The van der Waals surface area contributed by atoms with Crippen molar-refractivity contribution >= 4 is 28.4 Å². The lowest BCUT2D eigenvalue weighted by Gasteiger charge is -2.20. The third kappa shape index (κ3) is 2.32. The maximum atomic E-state index is 12.6. The lowest BCUT2D eigenvalue weighted by molar-refractivity contribution is -0.118. The van der Waals surface area contributed by atoms with E-state index in [1.54, 1.807) is 0 Å². The molecule has 0 bridgehead atoms. The Morgan fingerprint density at radius 3 is 2.74 bits per heavy atom. The number of nitrogens with one attached hydrogen (secondary N) is 2. The van der Waals surface area contributed by atoms with E-state index in [2.05, 4.69) is 47.0 Å². The molecule has 116 valence electrons. The lowest BCUT2D eigenvalue weighted by Crippen LogP contribution is -2.39. The smallest absolute Gasteiger partial charge is 0.267 e. The second-order valence-electron chi connectivity index (χ2n) is 5.75. The van der Waals surface area contributed by atoms with Crippen molar-refractivity contribution in [1.82, 2.24) is 5.43 Å². The van der Waals surface area contributed by atoms with E-state index in [1.807, 2.05) is 24.3 Å². The average Bonchev–Trinajstić information content (AvgIpc) is 3.11. The highest BCUT2D eigenvalue weighted by Crippen LogP contribution is 2.47. The summed E-state index contributed by atoms with van der Waals surface area (Å²) in [5.41, 5.74) is 7.38. The molecule has 2 heterocycles. The number of benzene rings is 2. The summed E-state index contributed by atoms with van der Waals surface area (Å²) in [6.07, 6.45) is 1.68. The third-order valence-corrected chi connectivity index (χ3v) is 5.52. The molecule has 0 saturated carbocycles. The highest BCUT2D eigenvalue weighted by atomic mass is 32.2. The van der Waals surface area contributed by atoms with Crippen molar-refractivity contribution in [3.8, 4) is 0 Å². The van der Waals surface area contributed by atoms with E-state index in [9.17, 15) is 4.79 Å². The first-order valence-corrected chi connectivity index (χ1v) is 8.54. The van der Waals surface area contributed by atoms with Gasteiger partial charge in [0.1, 0.15) is 5.04 Å². The van der Waals surface area contributed by atoms with Crippen LogP contribution in [-0.2, 0) is 22.5 Å². The number of rotatable bonds is 3. The van der Waals surface area contributed by atoms with Gasteiger partial charge in [0.05, 0.1) is 0 Å². The second kappa shape index (κ2) is 5.42. The van der Waals surface area contributed by atoms with Crippen molar-refractivity contribution in [3.63, 3.8) is 0 Å². The van der Waals surface area contributed by atoms with Gasteiger partial charge in [-0.2, -0.15) is 5.10 Å². The molecule has 4 nitrogen and oxygen atoms in total. The van der Waals surface area contributed by atoms with Gasteiger partial charge in [0.25, 0.3) is 5.91 Å². The fraction of sp³-hybridized carbons (Fsp3) is 0.222. The van der Waals surface area contributed by atoms with E-state index >= 15 is 0 Å². The zero-order valence-corrected chi connectivity index (χ0v) is 13.6. The summed E-state index contributed by atoms with van der Waals surface area (Å²) >= 11 is 1.51. The maximum absolute atomic E-state index is 12.6. The number of hydrazone groups is 1. The van der Waals surface area contributed by atoms with Gasteiger partial charge in [0.2, 0.25) is 4.87 Å². The minimum atomic E-state index is -0.815. The number of anilines is 1. The summed E-state index contributed by atoms with van der Waals surface area (Å²) in [5, 5.41) is 8.34. The van der Waals surface area contributed by atoms with Crippen LogP contribution in [0.15, 0.2) is 53.6 Å². The molecule has 1 spiro atoms. The van der Waals surface area contributed by atoms with Crippen LogP contribution in [0.4, 0.5) is 5.69 Å². The summed E-state index contributed by atoms with van der Waals surface area (Å²) in [4.78, 5) is 11.8. The van der Waals surface area contributed by atoms with Gasteiger partial charge in [-0.15, -0.1) is 0 Å². The second-order valence-corrected chi connectivity index (χ2v) is 7.04. The van der Waals surface area contributed by atoms with Gasteiger partial charge in [-0.05, 0) is 29.7 Å². The molecule has 0 radical (unpaired) electrons. The Morgan fingerprint density at radius 1 is 1.13 bits per heavy atom. The Morgan fingerprint density at radius 2 is 1.96 bits per heavy atom. The predicted octanol–water partition coefficient (Wildman–Crippen LogP) is 3.25. The summed E-state index contributed by atoms with van der Waals surface area (Å²) < 4.78 is 0. The van der Waals surface area contributed by atoms with Gasteiger partial charge < -0.3 is 5.32 Å². The topological polar surface area (TPSA) is 53.5 Å². The minimum Gasteiger partial charge on any atom is -0.323 e. The van der Waals surface area contributed by atoms with Crippen LogP contribution in [0, 0.1) is 0 Å². The van der Waals surface area contributed by atoms with Crippen molar-refractivity contribution in [1.29, 1.82) is 0 Å². The number of carbonyl (C=O) groups is 1. The first-order chi connectivity index (χ1) is 11.2. The van der Waals surface area contributed by atoms with E-state index in [0.29, 0.717) is 0 Å². The molecular formula is C18H17N3OS. The van der Waals surface area contributed by atoms with Crippen molar-refractivity contribution in [2.45, 2.75) is 24.6 Å². The fourth-order valence-corrected chi connectivity index (χ4v) is 4.16. The normalized spacial score (nSPS) is 21.8. The summed E-state index contributed by atoms with van der Waals surface area (Å²) in [5.74, 6) is -0.0439. The molecule has 5 heteroatoms. The van der Waals surface area contributed by atoms with Crippen molar-refractivity contribution in [3.05, 3.63) is 65.2 Å². The lowest BCUT2D eigenvalue weighted by atomic mass is 10.0. The number of fused-ring (bicyclic) bond motifs is 2. The van der Waals surface area contributed by atoms with Gasteiger partial charge in [0, 0.05) is 17.7 Å². The average molecular weight is 323 g/mol. The van der Waals surface area contributed by atoms with Crippen molar-refractivity contribution < 1.29 is 4.79 Å². The molecule has 2 N–H and O–H groups in total. The van der Waals surface area contributed by atoms with Crippen LogP contribution in [0.5, 0.6) is 0 Å². The van der Waals surface area contributed by atoms with Crippen LogP contribution in [0.3, 0.4) is 0 Å². The number of nitrogens with zero attached hydrogens (tertiary/aromatic N) is 1. The largest absolute Gasteiger partial charge is 0.323 e. The first-order valence-electron chi connectivity index (χ1n) is 7.73. The zero-order chi connectivity index (χ0) is 15.9. The molecule has 0 aromatic heterocycles. The molecule has 23 heavy (non-hydrogen) atoms. The van der Waals surface area contributed by atoms with Crippen LogP contribution < -0.4 is 10.7 Å². The van der Waals surface area contributed by atoms with E-state index in [1.165, 1.54) is 22.9 Å². The molecule has 1 amide bonds. The third-order valence-electron chi connectivity index (χ3n) is 4.25. The summed E-state index contributed by atoms with van der Waals surface area (Å²) in [6, 6.07) is 16.3. The Hall–Kier alpha value is -2.27. The Balaban J connectivity index is 1.63. The van der Waals surface area contributed by atoms with Crippen molar-refractivity contribution in [2.24, 2.45) is 5.10 Å². The number of carbonyl (C=O) groups excluding carboxylic acids is 1. The quantitative estimate of drug-likeness (QED) is 0.912. The first kappa shape index (κ1) is 14.3. The van der Waals surface area contributed by atoms with Gasteiger partial charge >= 0.3 is 0 Å². The number of hydrogen-bond acceptors (Lipinski definition) is 4. The van der Waals surface area contributed by atoms with Gasteiger partial charge in [-0.25, -0.2) is 0 Å². The monoisotopic (exact) mass is 323 g/mol. The Kier molecular flexibility index (Phi) is 3.38. The number of hydrogen-bond donors (Lipinski definition) is 2. The molecule has 2 aliphatic heterocycles. The Labute approximate surface area is 139 Å². The molecule has 4 rings (SSSR count). The van der Waals surface area contributed by atoms with E-state index in [4.69, 9.17) is 0 Å². The fourth-order valence-electron chi connectivity index (χ4n) is 2.97. The zero-order valence-electron chi connectivity index (χ0n) is 12.8. The Bertz CT molecular complexity index is 803. The standard InChI is InChI=1S/C18H17N3OS/c1-2-12-8-9-15-14(10-12)18(17(22)19-15)21-20-16(23-18)11-13-6-4-3-5-7-13/h3-10,21H,2,11H2,1H3,(H,19,22). The summed E-state index contributed by atoms with van der Waals surface area (Å²) in [7, 11) is 0. The van der Waals surface area contributed by atoms with Crippen LogP contribution in [0.25, 0.3) is 0 Å². The molecular weight excluding hydrogens is 306 g/mol. The van der Waals surface area contributed by atoms with E-state index in [-0.39, 0.29) is 5.91 Å². The number of amides is 1. The highest BCUT2D eigenvalue weighted by molar-refractivity contribution is 8.15. The molecule has 0 saturated heterocycles. The molecule has 0 aliphatic carbocycles. The highest BCUT2D eigenvalue weighted by Gasteiger charge is 2.51. The minimum absolute atomic E-state index is 0.0439. The van der Waals surface area contributed by atoms with E-state index < -0.39 is 4.87 Å². The molecule has 2 aliphatic rings. The van der Waals surface area contributed by atoms with Gasteiger partial charge in [-0.1, -0.05) is 55.1 Å². The van der Waals surface area contributed by atoms with Gasteiger partial charge in [-0.3, -0.25) is 10.2 Å². The predicted molar refractivity (Wildman–Crippen MR) is 94.4 cm³/mol. The van der Waals surface area contributed by atoms with Crippen LogP contribution in [0.1, 0.15) is 23.6 Å². The molecule has 2 aromatic carbocycles. The molecule has 2 aromatic rings. The molecule has 0 fully saturated rings. The van der Waals surface area contributed by atoms with Gasteiger partial charge in [0.15, 0.2) is 0 Å². The number of thioether (sulfide) groups is 1. The maximum Gasteiger partial charge on any atom is 0.267 e.